The largest absolute Gasteiger partial charge is 0.385 e. The Kier molecular flexibility index (Phi) is 3.91. The van der Waals surface area contributed by atoms with Crippen molar-refractivity contribution in [3.8, 4) is 0 Å². The lowest BCUT2D eigenvalue weighted by Gasteiger charge is -2.18. The highest BCUT2D eigenvalue weighted by atomic mass is 16.1. The van der Waals surface area contributed by atoms with E-state index < -0.39 is 0 Å². The summed E-state index contributed by atoms with van der Waals surface area (Å²) in [5.74, 6) is 0.0244. The number of carbonyl (C=O) groups is 1. The van der Waals surface area contributed by atoms with Crippen LogP contribution in [0.25, 0.3) is 0 Å². The lowest BCUT2D eigenvalue weighted by atomic mass is 10.0. The molecule has 21 heavy (non-hydrogen) atoms. The molecule has 0 bridgehead atoms. The molecule has 0 fully saturated rings. The van der Waals surface area contributed by atoms with E-state index in [1.807, 2.05) is 43.3 Å². The van der Waals surface area contributed by atoms with Crippen molar-refractivity contribution in [2.75, 3.05) is 17.2 Å². The van der Waals surface area contributed by atoms with Crippen LogP contribution < -0.4 is 10.6 Å². The number of rotatable bonds is 3. The van der Waals surface area contributed by atoms with Crippen molar-refractivity contribution in [2.24, 2.45) is 0 Å². The van der Waals surface area contributed by atoms with Gasteiger partial charge in [0.15, 0.2) is 0 Å². The van der Waals surface area contributed by atoms with Crippen LogP contribution in [-0.4, -0.2) is 12.5 Å². The number of amides is 1. The molecule has 2 aromatic carbocycles. The number of anilines is 2. The molecule has 2 N–H and O–H groups in total. The lowest BCUT2D eigenvalue weighted by Crippen LogP contribution is -2.16. The minimum absolute atomic E-state index is 0.0244. The molecule has 2 aromatic rings. The third kappa shape index (κ3) is 3.43. The summed E-state index contributed by atoms with van der Waals surface area (Å²) >= 11 is 0. The topological polar surface area (TPSA) is 41.1 Å². The number of fused-ring (bicyclic) bond motifs is 1. The van der Waals surface area contributed by atoms with E-state index in [1.54, 1.807) is 0 Å². The van der Waals surface area contributed by atoms with Gasteiger partial charge in [0.1, 0.15) is 0 Å². The van der Waals surface area contributed by atoms with E-state index >= 15 is 0 Å². The van der Waals surface area contributed by atoms with Crippen molar-refractivity contribution in [1.29, 1.82) is 0 Å². The molecule has 1 aliphatic rings. The maximum absolute atomic E-state index is 12.1. The van der Waals surface area contributed by atoms with Crippen LogP contribution in [0.5, 0.6) is 0 Å². The molecular formula is C18H20N2O. The number of hydrogen-bond acceptors (Lipinski definition) is 2. The molecule has 1 amide bonds. The Morgan fingerprint density at radius 3 is 3.00 bits per heavy atom. The standard InChI is InChI=1S/C18H20N2O/c1-13-4-2-5-14(10-13)11-18(21)20-16-8-7-15-6-3-9-19-17(15)12-16/h2,4-5,7-8,10,12,19H,3,6,9,11H2,1H3,(H,20,21). The molecule has 0 saturated carbocycles. The quantitative estimate of drug-likeness (QED) is 0.903. The minimum atomic E-state index is 0.0244. The number of aryl methyl sites for hydroxylation is 2. The third-order valence-electron chi connectivity index (χ3n) is 3.78. The molecule has 3 nitrogen and oxygen atoms in total. The van der Waals surface area contributed by atoms with Crippen LogP contribution in [0.3, 0.4) is 0 Å². The second-order valence-electron chi connectivity index (χ2n) is 5.62. The summed E-state index contributed by atoms with van der Waals surface area (Å²) in [5.41, 5.74) is 5.57. The summed E-state index contributed by atoms with van der Waals surface area (Å²) in [6, 6.07) is 14.2. The van der Waals surface area contributed by atoms with Crippen molar-refractivity contribution in [2.45, 2.75) is 26.2 Å². The Labute approximate surface area is 125 Å². The third-order valence-corrected chi connectivity index (χ3v) is 3.78. The molecule has 0 saturated heterocycles. The van der Waals surface area contributed by atoms with E-state index in [4.69, 9.17) is 0 Å². The Bertz CT molecular complexity index is 664. The molecule has 0 atom stereocenters. The van der Waals surface area contributed by atoms with Crippen LogP contribution in [0.15, 0.2) is 42.5 Å². The molecule has 0 spiro atoms. The van der Waals surface area contributed by atoms with E-state index in [0.29, 0.717) is 6.42 Å². The summed E-state index contributed by atoms with van der Waals surface area (Å²) in [6.45, 7) is 3.05. The summed E-state index contributed by atoms with van der Waals surface area (Å²) in [7, 11) is 0. The predicted octanol–water partition coefficient (Wildman–Crippen LogP) is 3.53. The minimum Gasteiger partial charge on any atom is -0.385 e. The van der Waals surface area contributed by atoms with E-state index in [1.165, 1.54) is 17.5 Å². The van der Waals surface area contributed by atoms with Crippen molar-refractivity contribution in [3.63, 3.8) is 0 Å². The molecule has 0 aromatic heterocycles. The molecule has 1 heterocycles. The van der Waals surface area contributed by atoms with Crippen LogP contribution in [0.4, 0.5) is 11.4 Å². The van der Waals surface area contributed by atoms with Gasteiger partial charge in [-0.05, 0) is 43.0 Å². The molecular weight excluding hydrogens is 260 g/mol. The van der Waals surface area contributed by atoms with Crippen LogP contribution in [0, 0.1) is 6.92 Å². The predicted molar refractivity (Wildman–Crippen MR) is 86.8 cm³/mol. The summed E-state index contributed by atoms with van der Waals surface area (Å²) in [4.78, 5) is 12.1. The Morgan fingerprint density at radius 2 is 2.14 bits per heavy atom. The molecule has 108 valence electrons. The molecule has 1 aliphatic heterocycles. The van der Waals surface area contributed by atoms with Gasteiger partial charge in [0.2, 0.25) is 5.91 Å². The van der Waals surface area contributed by atoms with E-state index in [2.05, 4.69) is 16.7 Å². The average molecular weight is 280 g/mol. The monoisotopic (exact) mass is 280 g/mol. The number of nitrogens with one attached hydrogen (secondary N) is 2. The van der Waals surface area contributed by atoms with Gasteiger partial charge < -0.3 is 10.6 Å². The first-order valence-corrected chi connectivity index (χ1v) is 7.43. The fraction of sp³-hybridized carbons (Fsp3) is 0.278. The van der Waals surface area contributed by atoms with Gasteiger partial charge in [-0.25, -0.2) is 0 Å². The number of hydrogen-bond donors (Lipinski definition) is 2. The second kappa shape index (κ2) is 6.00. The van der Waals surface area contributed by atoms with Gasteiger partial charge >= 0.3 is 0 Å². The van der Waals surface area contributed by atoms with Gasteiger partial charge in [0.25, 0.3) is 0 Å². The average Bonchev–Trinajstić information content (AvgIpc) is 2.47. The van der Waals surface area contributed by atoms with Gasteiger partial charge in [0.05, 0.1) is 6.42 Å². The lowest BCUT2D eigenvalue weighted by molar-refractivity contribution is -0.115. The van der Waals surface area contributed by atoms with Crippen LogP contribution >= 0.6 is 0 Å². The molecule has 0 radical (unpaired) electrons. The van der Waals surface area contributed by atoms with E-state index in [9.17, 15) is 4.79 Å². The molecule has 3 heteroatoms. The number of carbonyl (C=O) groups excluding carboxylic acids is 1. The zero-order valence-corrected chi connectivity index (χ0v) is 12.3. The maximum Gasteiger partial charge on any atom is 0.228 e. The molecule has 0 unspecified atom stereocenters. The smallest absolute Gasteiger partial charge is 0.228 e. The fourth-order valence-electron chi connectivity index (χ4n) is 2.75. The summed E-state index contributed by atoms with van der Waals surface area (Å²) in [6.07, 6.45) is 2.69. The van der Waals surface area contributed by atoms with Crippen molar-refractivity contribution in [1.82, 2.24) is 0 Å². The van der Waals surface area contributed by atoms with Crippen LogP contribution in [0.2, 0.25) is 0 Å². The van der Waals surface area contributed by atoms with Crippen molar-refractivity contribution >= 4 is 17.3 Å². The normalized spacial score (nSPS) is 13.2. The number of benzene rings is 2. The first-order chi connectivity index (χ1) is 10.2. The Balaban J connectivity index is 1.67. The zero-order chi connectivity index (χ0) is 14.7. The van der Waals surface area contributed by atoms with Gasteiger partial charge in [-0.1, -0.05) is 35.9 Å². The first-order valence-electron chi connectivity index (χ1n) is 7.43. The van der Waals surface area contributed by atoms with E-state index in [-0.39, 0.29) is 5.91 Å². The highest BCUT2D eigenvalue weighted by Crippen LogP contribution is 2.25. The van der Waals surface area contributed by atoms with Crippen LogP contribution in [-0.2, 0) is 17.6 Å². The Morgan fingerprint density at radius 1 is 1.24 bits per heavy atom. The van der Waals surface area contributed by atoms with Gasteiger partial charge in [-0.15, -0.1) is 0 Å². The summed E-state index contributed by atoms with van der Waals surface area (Å²) < 4.78 is 0. The fourth-order valence-corrected chi connectivity index (χ4v) is 2.75. The first kappa shape index (κ1) is 13.7. The maximum atomic E-state index is 12.1. The van der Waals surface area contributed by atoms with Gasteiger partial charge in [-0.2, -0.15) is 0 Å². The van der Waals surface area contributed by atoms with Gasteiger partial charge in [-0.3, -0.25) is 4.79 Å². The zero-order valence-electron chi connectivity index (χ0n) is 12.3. The van der Waals surface area contributed by atoms with Crippen molar-refractivity contribution < 1.29 is 4.79 Å². The molecule has 0 aliphatic carbocycles. The SMILES string of the molecule is Cc1cccc(CC(=O)Nc2ccc3c(c2)NCCC3)c1. The van der Waals surface area contributed by atoms with Gasteiger partial charge in [0, 0.05) is 17.9 Å². The highest BCUT2D eigenvalue weighted by molar-refractivity contribution is 5.92. The summed E-state index contributed by atoms with van der Waals surface area (Å²) in [5, 5.41) is 6.36. The Hall–Kier alpha value is -2.29. The molecule has 3 rings (SSSR count). The second-order valence-corrected chi connectivity index (χ2v) is 5.62. The van der Waals surface area contributed by atoms with Crippen molar-refractivity contribution in [3.05, 3.63) is 59.2 Å². The van der Waals surface area contributed by atoms with Crippen LogP contribution in [0.1, 0.15) is 23.1 Å². The highest BCUT2D eigenvalue weighted by Gasteiger charge is 2.10. The van der Waals surface area contributed by atoms with E-state index in [0.717, 1.165) is 29.9 Å².